The molecule has 0 spiro atoms. The number of nitrogens with zero attached hydrogens (tertiary/aromatic N) is 3. The van der Waals surface area contributed by atoms with Crippen molar-refractivity contribution in [1.29, 1.82) is 5.26 Å². The van der Waals surface area contributed by atoms with Gasteiger partial charge in [-0.2, -0.15) is 5.26 Å². The van der Waals surface area contributed by atoms with Crippen molar-refractivity contribution in [2.45, 2.75) is 12.3 Å². The van der Waals surface area contributed by atoms with E-state index in [1.54, 1.807) is 45.5 Å². The smallest absolute Gasteiger partial charge is 0.229 e. The molecule has 172 valence electrons. The average Bonchev–Trinajstić information content (AvgIpc) is 2.87. The number of allylic oxidation sites excluding steroid dienone is 1. The molecule has 1 amide bonds. The van der Waals surface area contributed by atoms with Crippen LogP contribution < -0.4 is 23.8 Å². The number of amides is 1. The highest BCUT2D eigenvalue weighted by atomic mass is 32.2. The lowest BCUT2D eigenvalue weighted by atomic mass is 9.85. The quantitative estimate of drug-likeness (QED) is 0.632. The molecule has 0 N–H and O–H groups in total. The van der Waals surface area contributed by atoms with Crippen LogP contribution in [0.25, 0.3) is 0 Å². The number of carbonyl (C=O) groups excluding carboxylic acids is 1. The number of benzene rings is 2. The zero-order valence-electron chi connectivity index (χ0n) is 19.0. The topological polar surface area (TPSA) is 84.3 Å². The summed E-state index contributed by atoms with van der Waals surface area (Å²) in [6.45, 7) is 0.350. The molecule has 1 fully saturated rings. The fourth-order valence-corrected chi connectivity index (χ4v) is 5.35. The summed E-state index contributed by atoms with van der Waals surface area (Å²) in [6, 6.07) is 13.6. The highest BCUT2D eigenvalue weighted by Gasteiger charge is 2.40. The van der Waals surface area contributed by atoms with Gasteiger partial charge in [-0.1, -0.05) is 23.9 Å². The fourth-order valence-electron chi connectivity index (χ4n) is 4.20. The van der Waals surface area contributed by atoms with Crippen LogP contribution in [0, 0.1) is 11.3 Å². The molecule has 2 aromatic carbocycles. The molecule has 2 aromatic rings. The van der Waals surface area contributed by atoms with Gasteiger partial charge < -0.3 is 23.8 Å². The first-order chi connectivity index (χ1) is 16.1. The Balaban J connectivity index is 1.73. The molecule has 0 bridgehead atoms. The van der Waals surface area contributed by atoms with E-state index in [2.05, 4.69) is 11.0 Å². The Morgan fingerprint density at radius 2 is 1.64 bits per heavy atom. The Hall–Kier alpha value is -3.51. The summed E-state index contributed by atoms with van der Waals surface area (Å²) >= 11 is 1.47. The summed E-state index contributed by atoms with van der Waals surface area (Å²) < 4.78 is 21.9. The van der Waals surface area contributed by atoms with Crippen molar-refractivity contribution in [3.8, 4) is 29.1 Å². The minimum atomic E-state index is -0.436. The van der Waals surface area contributed by atoms with Gasteiger partial charge in [0.15, 0.2) is 11.5 Å². The number of methoxy groups -OCH3 is 4. The number of anilines is 1. The number of para-hydroxylation sites is 2. The second kappa shape index (κ2) is 9.55. The highest BCUT2D eigenvalue weighted by Crippen LogP contribution is 2.48. The van der Waals surface area contributed by atoms with E-state index in [1.165, 1.54) is 11.8 Å². The minimum absolute atomic E-state index is 0.0575. The number of rotatable bonds is 6. The number of nitriles is 1. The van der Waals surface area contributed by atoms with Crippen LogP contribution in [-0.2, 0) is 4.79 Å². The van der Waals surface area contributed by atoms with E-state index < -0.39 is 5.92 Å². The maximum Gasteiger partial charge on any atom is 0.229 e. The van der Waals surface area contributed by atoms with E-state index in [4.69, 9.17) is 18.9 Å². The third-order valence-corrected chi connectivity index (χ3v) is 6.99. The van der Waals surface area contributed by atoms with Crippen LogP contribution in [0.3, 0.4) is 0 Å². The van der Waals surface area contributed by atoms with Crippen molar-refractivity contribution in [3.05, 3.63) is 52.6 Å². The largest absolute Gasteiger partial charge is 0.496 e. The SMILES string of the molecule is COc1cc(OC)c([C@@H]2CC(=O)N3CN(c4ccccc4OC)CSC3=C2C#N)cc1OC. The summed E-state index contributed by atoms with van der Waals surface area (Å²) in [6.07, 6.45) is 0.151. The van der Waals surface area contributed by atoms with E-state index in [0.717, 1.165) is 17.0 Å². The van der Waals surface area contributed by atoms with Gasteiger partial charge in [-0.3, -0.25) is 9.69 Å². The van der Waals surface area contributed by atoms with Gasteiger partial charge in [-0.15, -0.1) is 0 Å². The van der Waals surface area contributed by atoms with Crippen LogP contribution in [0.15, 0.2) is 47.0 Å². The van der Waals surface area contributed by atoms with Crippen molar-refractivity contribution in [1.82, 2.24) is 4.90 Å². The van der Waals surface area contributed by atoms with Crippen molar-refractivity contribution in [2.75, 3.05) is 45.9 Å². The maximum absolute atomic E-state index is 13.3. The van der Waals surface area contributed by atoms with Gasteiger partial charge in [-0.05, 0) is 18.2 Å². The molecule has 0 aromatic heterocycles. The summed E-state index contributed by atoms with van der Waals surface area (Å²) in [5, 5.41) is 10.8. The van der Waals surface area contributed by atoms with Crippen LogP contribution in [0.1, 0.15) is 17.9 Å². The van der Waals surface area contributed by atoms with Crippen LogP contribution in [0.5, 0.6) is 23.0 Å². The number of fused-ring (bicyclic) bond motifs is 1. The number of hydrogen-bond donors (Lipinski definition) is 0. The lowest BCUT2D eigenvalue weighted by molar-refractivity contribution is -0.129. The standard InChI is InChI=1S/C24H25N3O5S/c1-29-19-8-6-5-7-18(19)26-13-27-23(28)10-15(17(12-25)24(27)33-14-26)16-9-21(31-3)22(32-4)11-20(16)30-2/h5-9,11,15H,10,13-14H2,1-4H3/t15-/m0/s1. The minimum Gasteiger partial charge on any atom is -0.496 e. The molecule has 1 atom stereocenters. The van der Waals surface area contributed by atoms with Crippen molar-refractivity contribution in [2.24, 2.45) is 0 Å². The molecule has 0 radical (unpaired) electrons. The maximum atomic E-state index is 13.3. The van der Waals surface area contributed by atoms with Crippen molar-refractivity contribution >= 4 is 23.4 Å². The molecule has 8 nitrogen and oxygen atoms in total. The third kappa shape index (κ3) is 4.02. The predicted octanol–water partition coefficient (Wildman–Crippen LogP) is 3.94. The van der Waals surface area contributed by atoms with Crippen molar-refractivity contribution in [3.63, 3.8) is 0 Å². The fraction of sp³-hybridized carbons (Fsp3) is 0.333. The lowest BCUT2D eigenvalue weighted by Crippen LogP contribution is -2.47. The number of thioether (sulfide) groups is 1. The van der Waals surface area contributed by atoms with Gasteiger partial charge in [0.25, 0.3) is 0 Å². The Morgan fingerprint density at radius 1 is 0.970 bits per heavy atom. The van der Waals surface area contributed by atoms with Crippen molar-refractivity contribution < 1.29 is 23.7 Å². The monoisotopic (exact) mass is 467 g/mol. The highest BCUT2D eigenvalue weighted by molar-refractivity contribution is 8.03. The Morgan fingerprint density at radius 3 is 2.30 bits per heavy atom. The molecular formula is C24H25N3O5S. The summed E-state index contributed by atoms with van der Waals surface area (Å²) in [5.74, 6) is 2.41. The first kappa shape index (κ1) is 22.7. The van der Waals surface area contributed by atoms with Crippen LogP contribution in [0.4, 0.5) is 5.69 Å². The first-order valence-corrected chi connectivity index (χ1v) is 11.3. The number of hydrogen-bond acceptors (Lipinski definition) is 8. The summed E-state index contributed by atoms with van der Waals surface area (Å²) in [5.41, 5.74) is 2.17. The van der Waals surface area contributed by atoms with Gasteiger partial charge in [0.2, 0.25) is 5.91 Å². The third-order valence-electron chi connectivity index (χ3n) is 5.83. The normalized spacial score (nSPS) is 17.9. The van der Waals surface area contributed by atoms with Gasteiger partial charge in [0, 0.05) is 24.0 Å². The Labute approximate surface area is 197 Å². The molecule has 2 aliphatic heterocycles. The van der Waals surface area contributed by atoms with E-state index in [0.29, 0.717) is 40.4 Å². The average molecular weight is 468 g/mol. The van der Waals surface area contributed by atoms with Crippen LogP contribution in [-0.4, -0.2) is 51.8 Å². The van der Waals surface area contributed by atoms with Gasteiger partial charge in [0.1, 0.15) is 11.5 Å². The molecule has 9 heteroatoms. The lowest BCUT2D eigenvalue weighted by Gasteiger charge is -2.42. The molecule has 0 saturated carbocycles. The number of ether oxygens (including phenoxy) is 4. The molecule has 33 heavy (non-hydrogen) atoms. The zero-order valence-corrected chi connectivity index (χ0v) is 19.8. The summed E-state index contributed by atoms with van der Waals surface area (Å²) in [4.78, 5) is 17.0. The molecule has 4 rings (SSSR count). The van der Waals surface area contributed by atoms with E-state index in [9.17, 15) is 10.1 Å². The van der Waals surface area contributed by atoms with Gasteiger partial charge in [-0.25, -0.2) is 0 Å². The molecule has 1 saturated heterocycles. The molecule has 2 heterocycles. The summed E-state index contributed by atoms with van der Waals surface area (Å²) in [7, 11) is 6.28. The van der Waals surface area contributed by atoms with Crippen LogP contribution >= 0.6 is 11.8 Å². The Bertz CT molecular complexity index is 1140. The molecular weight excluding hydrogens is 442 g/mol. The second-order valence-corrected chi connectivity index (χ2v) is 8.42. The Kier molecular flexibility index (Phi) is 6.56. The molecule has 2 aliphatic rings. The molecule has 0 unspecified atom stereocenters. The van der Waals surface area contributed by atoms with Crippen LogP contribution in [0.2, 0.25) is 0 Å². The first-order valence-electron chi connectivity index (χ1n) is 10.3. The van der Waals surface area contributed by atoms with Gasteiger partial charge in [0.05, 0.1) is 63.3 Å². The van der Waals surface area contributed by atoms with E-state index >= 15 is 0 Å². The zero-order chi connectivity index (χ0) is 23.5. The van der Waals surface area contributed by atoms with E-state index in [-0.39, 0.29) is 12.3 Å². The molecule has 0 aliphatic carbocycles. The second-order valence-electron chi connectivity index (χ2n) is 7.48. The van der Waals surface area contributed by atoms with Gasteiger partial charge >= 0.3 is 0 Å². The number of carbonyl (C=O) groups is 1. The predicted molar refractivity (Wildman–Crippen MR) is 126 cm³/mol. The van der Waals surface area contributed by atoms with E-state index in [1.807, 2.05) is 24.3 Å².